The summed E-state index contributed by atoms with van der Waals surface area (Å²) in [5, 5.41) is 21.4. The fourth-order valence-corrected chi connectivity index (χ4v) is 6.65. The number of hydrogen-bond donors (Lipinski definition) is 5. The van der Waals surface area contributed by atoms with E-state index in [1.807, 2.05) is 42.5 Å². The van der Waals surface area contributed by atoms with Crippen LogP contribution in [0.5, 0.6) is 0 Å². The van der Waals surface area contributed by atoms with Crippen molar-refractivity contribution in [1.29, 1.82) is 0 Å². The Bertz CT molecular complexity index is 1750. The second-order valence-electron chi connectivity index (χ2n) is 12.9. The molecule has 2 aliphatic heterocycles. The van der Waals surface area contributed by atoms with Crippen LogP contribution in [0.25, 0.3) is 11.1 Å². The number of rotatable bonds is 8. The molecule has 2 saturated heterocycles. The Morgan fingerprint density at radius 3 is 2.41 bits per heavy atom. The molecule has 0 radical (unpaired) electrons. The van der Waals surface area contributed by atoms with E-state index in [-0.39, 0.29) is 50.5 Å². The first-order valence-corrected chi connectivity index (χ1v) is 17.6. The molecule has 2 heterocycles. The molecule has 0 spiro atoms. The predicted octanol–water partition coefficient (Wildman–Crippen LogP) is 3.47. The zero-order valence-corrected chi connectivity index (χ0v) is 28.9. The molecular formula is C38H42ClN5O7. The van der Waals surface area contributed by atoms with Crippen LogP contribution in [0.2, 0.25) is 5.02 Å². The standard InChI is InChI=1S/C38H42ClN5O7/c39-28-13-6-8-24(20-28)15-17-34(46)42-30-14-4-5-19-40-33(45)18-16-31(38(50)51)43-36(48)32-22-29(23-44(32)37(30)49)41-35(47)27-12-7-11-26(21-27)25-9-2-1-3-10-25/h1-3,6-13,20-21,29-32H,4-5,14-19,22-23H2,(H,40,45)(H,41,47)(H,42,46)(H,43,48)(H,50,51)/t29-,30+,31+,32+/m1/s1. The van der Waals surface area contributed by atoms with Crippen molar-refractivity contribution in [2.24, 2.45) is 0 Å². The maximum absolute atomic E-state index is 14.2. The van der Waals surface area contributed by atoms with Crippen LogP contribution in [0.1, 0.15) is 60.9 Å². The summed E-state index contributed by atoms with van der Waals surface area (Å²) < 4.78 is 0. The van der Waals surface area contributed by atoms with Gasteiger partial charge < -0.3 is 31.3 Å². The number of carboxylic acid groups (broad SMARTS) is 1. The topological polar surface area (TPSA) is 174 Å². The summed E-state index contributed by atoms with van der Waals surface area (Å²) in [7, 11) is 0. The van der Waals surface area contributed by atoms with E-state index in [0.717, 1.165) is 16.7 Å². The molecule has 51 heavy (non-hydrogen) atoms. The number of benzene rings is 3. The SMILES string of the molecule is O=C1CC[C@@H](C(=O)O)NC(=O)[C@@H]2C[C@@H](NC(=O)c3cccc(-c4ccccc4)c3)CN2C(=O)[C@@H](NC(=O)CCc2cccc(Cl)c2)CCCCN1. The zero-order valence-electron chi connectivity index (χ0n) is 28.1. The average Bonchev–Trinajstić information content (AvgIpc) is 3.55. The predicted molar refractivity (Wildman–Crippen MR) is 191 cm³/mol. The lowest BCUT2D eigenvalue weighted by Crippen LogP contribution is -2.55. The molecule has 0 unspecified atom stereocenters. The molecule has 0 aliphatic carbocycles. The number of fused-ring (bicyclic) bond motifs is 1. The molecule has 0 saturated carbocycles. The minimum absolute atomic E-state index is 0.0178. The number of carboxylic acids is 1. The van der Waals surface area contributed by atoms with Crippen LogP contribution in [0.3, 0.4) is 0 Å². The zero-order chi connectivity index (χ0) is 36.3. The molecule has 3 aromatic rings. The Labute approximate surface area is 301 Å². The van der Waals surface area contributed by atoms with Crippen LogP contribution in [-0.4, -0.2) is 82.8 Å². The molecule has 0 aromatic heterocycles. The van der Waals surface area contributed by atoms with E-state index in [0.29, 0.717) is 36.4 Å². The van der Waals surface area contributed by atoms with Crippen molar-refractivity contribution in [1.82, 2.24) is 26.2 Å². The van der Waals surface area contributed by atoms with Gasteiger partial charge in [-0.15, -0.1) is 0 Å². The Morgan fingerprint density at radius 2 is 1.65 bits per heavy atom. The van der Waals surface area contributed by atoms with Gasteiger partial charge >= 0.3 is 5.97 Å². The lowest BCUT2D eigenvalue weighted by atomic mass is 10.0. The van der Waals surface area contributed by atoms with Crippen molar-refractivity contribution in [3.8, 4) is 11.1 Å². The van der Waals surface area contributed by atoms with Gasteiger partial charge in [0, 0.05) is 42.6 Å². The third-order valence-corrected chi connectivity index (χ3v) is 9.37. The number of carbonyl (C=O) groups excluding carboxylic acids is 5. The van der Waals surface area contributed by atoms with E-state index in [9.17, 15) is 33.9 Å². The number of carbonyl (C=O) groups is 6. The first kappa shape index (κ1) is 37.0. The van der Waals surface area contributed by atoms with Crippen molar-refractivity contribution in [2.45, 2.75) is 75.5 Å². The van der Waals surface area contributed by atoms with Gasteiger partial charge in [0.2, 0.25) is 23.6 Å². The molecule has 5 rings (SSSR count). The van der Waals surface area contributed by atoms with E-state index < -0.39 is 47.9 Å². The molecule has 0 bridgehead atoms. The van der Waals surface area contributed by atoms with Crippen molar-refractivity contribution in [3.63, 3.8) is 0 Å². The lowest BCUT2D eigenvalue weighted by molar-refractivity contribution is -0.145. The van der Waals surface area contributed by atoms with E-state index in [1.54, 1.807) is 36.4 Å². The van der Waals surface area contributed by atoms with E-state index >= 15 is 0 Å². The molecule has 4 atom stereocenters. The van der Waals surface area contributed by atoms with Crippen LogP contribution in [0.4, 0.5) is 0 Å². The normalized spacial score (nSPS) is 21.7. The Morgan fingerprint density at radius 1 is 0.882 bits per heavy atom. The third-order valence-electron chi connectivity index (χ3n) is 9.13. The van der Waals surface area contributed by atoms with Gasteiger partial charge in [-0.3, -0.25) is 24.0 Å². The highest BCUT2D eigenvalue weighted by atomic mass is 35.5. The minimum Gasteiger partial charge on any atom is -0.480 e. The first-order valence-electron chi connectivity index (χ1n) is 17.2. The van der Waals surface area contributed by atoms with Gasteiger partial charge in [-0.1, -0.05) is 66.2 Å². The number of aryl methyl sites for hydroxylation is 1. The van der Waals surface area contributed by atoms with Crippen molar-refractivity contribution >= 4 is 47.1 Å². The van der Waals surface area contributed by atoms with Gasteiger partial charge in [-0.2, -0.15) is 0 Å². The molecule has 2 fully saturated rings. The second-order valence-corrected chi connectivity index (χ2v) is 13.3. The molecule has 12 nitrogen and oxygen atoms in total. The van der Waals surface area contributed by atoms with Crippen molar-refractivity contribution < 1.29 is 33.9 Å². The quantitative estimate of drug-likeness (QED) is 0.237. The fraction of sp³-hybridized carbons (Fsp3) is 0.368. The van der Waals surface area contributed by atoms with Gasteiger partial charge in [0.25, 0.3) is 5.91 Å². The highest BCUT2D eigenvalue weighted by Crippen LogP contribution is 2.24. The van der Waals surface area contributed by atoms with Gasteiger partial charge in [0.1, 0.15) is 18.1 Å². The summed E-state index contributed by atoms with van der Waals surface area (Å²) in [4.78, 5) is 80.4. The molecule has 2 aliphatic rings. The van der Waals surface area contributed by atoms with Gasteiger partial charge in [0.15, 0.2) is 0 Å². The van der Waals surface area contributed by atoms with E-state index in [4.69, 9.17) is 11.6 Å². The molecule has 268 valence electrons. The van der Waals surface area contributed by atoms with E-state index in [2.05, 4.69) is 21.3 Å². The van der Waals surface area contributed by atoms with Crippen LogP contribution in [0, 0.1) is 0 Å². The molecule has 3 aromatic carbocycles. The number of amides is 5. The van der Waals surface area contributed by atoms with Crippen LogP contribution in [-0.2, 0) is 30.4 Å². The molecular weight excluding hydrogens is 674 g/mol. The Kier molecular flexibility index (Phi) is 12.8. The van der Waals surface area contributed by atoms with Crippen molar-refractivity contribution in [2.75, 3.05) is 13.1 Å². The summed E-state index contributed by atoms with van der Waals surface area (Å²) >= 11 is 6.09. The number of nitrogens with one attached hydrogen (secondary N) is 4. The van der Waals surface area contributed by atoms with Gasteiger partial charge in [-0.05, 0) is 79.5 Å². The monoisotopic (exact) mass is 715 g/mol. The number of hydrogen-bond acceptors (Lipinski definition) is 6. The summed E-state index contributed by atoms with van der Waals surface area (Å²) in [5.41, 5.74) is 3.04. The van der Waals surface area contributed by atoms with Crippen LogP contribution >= 0.6 is 11.6 Å². The smallest absolute Gasteiger partial charge is 0.326 e. The van der Waals surface area contributed by atoms with Gasteiger partial charge in [0.05, 0.1) is 0 Å². The molecule has 5 N–H and O–H groups in total. The second kappa shape index (κ2) is 17.6. The molecule has 5 amide bonds. The van der Waals surface area contributed by atoms with E-state index in [1.165, 1.54) is 4.90 Å². The molecule has 13 heteroatoms. The summed E-state index contributed by atoms with van der Waals surface area (Å²) in [6.07, 6.45) is 1.47. The lowest BCUT2D eigenvalue weighted by Gasteiger charge is -2.29. The van der Waals surface area contributed by atoms with Crippen molar-refractivity contribution in [3.05, 3.63) is 95.0 Å². The van der Waals surface area contributed by atoms with Crippen LogP contribution in [0.15, 0.2) is 78.9 Å². The Balaban J connectivity index is 1.36. The summed E-state index contributed by atoms with van der Waals surface area (Å²) in [6.45, 7) is 0.270. The number of halogens is 1. The largest absolute Gasteiger partial charge is 0.480 e. The maximum atomic E-state index is 14.2. The summed E-state index contributed by atoms with van der Waals surface area (Å²) in [6, 6.07) is 19.7. The first-order chi connectivity index (χ1) is 24.6. The fourth-order valence-electron chi connectivity index (χ4n) is 6.44. The van der Waals surface area contributed by atoms with Crippen LogP contribution < -0.4 is 21.3 Å². The Hall–Kier alpha value is -5.23. The highest BCUT2D eigenvalue weighted by Gasteiger charge is 2.43. The number of aliphatic carboxylic acids is 1. The average molecular weight is 716 g/mol. The maximum Gasteiger partial charge on any atom is 0.326 e. The highest BCUT2D eigenvalue weighted by molar-refractivity contribution is 6.30. The minimum atomic E-state index is -1.37. The number of nitrogens with zero attached hydrogens (tertiary/aromatic N) is 1. The summed E-state index contributed by atoms with van der Waals surface area (Å²) in [5.74, 6) is -3.67. The van der Waals surface area contributed by atoms with Gasteiger partial charge in [-0.25, -0.2) is 4.79 Å². The third kappa shape index (κ3) is 10.4.